The van der Waals surface area contributed by atoms with E-state index in [1.54, 1.807) is 6.08 Å². The summed E-state index contributed by atoms with van der Waals surface area (Å²) in [5.74, 6) is -1.98. The highest BCUT2D eigenvalue weighted by molar-refractivity contribution is 5.76. The van der Waals surface area contributed by atoms with Crippen LogP contribution in [0.1, 0.15) is 233 Å². The van der Waals surface area contributed by atoms with Gasteiger partial charge in [0.1, 0.15) is 146 Å². The van der Waals surface area contributed by atoms with E-state index in [1.807, 2.05) is 6.08 Å². The number of carbonyl (C=O) groups is 3. The molecule has 3 amide bonds. The van der Waals surface area contributed by atoms with Gasteiger partial charge < -0.3 is 165 Å². The first-order chi connectivity index (χ1) is 56.8. The topological polar surface area (TPSA) is 562 Å². The Kier molecular flexibility index (Phi) is 49.6. The summed E-state index contributed by atoms with van der Waals surface area (Å²) in [6, 6.07) is -4.48. The highest BCUT2D eigenvalue weighted by atomic mass is 16.8. The van der Waals surface area contributed by atoms with Gasteiger partial charge in [0.15, 0.2) is 37.7 Å². The lowest BCUT2D eigenvalue weighted by molar-refractivity contribution is -0.390. The molecule has 0 saturated carbocycles. The number of amides is 3. The van der Waals surface area contributed by atoms with Crippen LogP contribution in [0.4, 0.5) is 0 Å². The minimum atomic E-state index is -2.31. The van der Waals surface area contributed by atoms with E-state index in [1.165, 1.54) is 128 Å². The number of aliphatic hydroxyl groups excluding tert-OH is 18. The third-order valence-electron chi connectivity index (χ3n) is 22.9. The summed E-state index contributed by atoms with van der Waals surface area (Å²) in [4.78, 5) is 39.0. The second-order valence-electron chi connectivity index (χ2n) is 32.5. The van der Waals surface area contributed by atoms with Crippen molar-refractivity contribution in [3.8, 4) is 0 Å². The first-order valence-corrected chi connectivity index (χ1v) is 43.6. The van der Waals surface area contributed by atoms with Crippen molar-refractivity contribution in [1.82, 2.24) is 16.0 Å². The van der Waals surface area contributed by atoms with Gasteiger partial charge in [0.25, 0.3) is 0 Å². The predicted octanol–water partition coefficient (Wildman–Crippen LogP) is -0.307. The van der Waals surface area contributed by atoms with Gasteiger partial charge in [-0.3, -0.25) is 14.4 Å². The van der Waals surface area contributed by atoms with Crippen molar-refractivity contribution < 1.29 is 163 Å². The molecule has 118 heavy (non-hydrogen) atoms. The third kappa shape index (κ3) is 32.9. The van der Waals surface area contributed by atoms with Crippen LogP contribution in [-0.4, -0.2) is 352 Å². The van der Waals surface area contributed by atoms with Crippen molar-refractivity contribution in [3.05, 3.63) is 24.3 Å². The predicted molar refractivity (Wildman–Crippen MR) is 421 cm³/mol. The lowest BCUT2D eigenvalue weighted by atomic mass is 9.94. The summed E-state index contributed by atoms with van der Waals surface area (Å²) < 4.78 is 71.2. The van der Waals surface area contributed by atoms with E-state index in [4.69, 9.17) is 56.8 Å². The van der Waals surface area contributed by atoms with E-state index in [0.29, 0.717) is 12.8 Å². The van der Waals surface area contributed by atoms with Gasteiger partial charge in [-0.25, -0.2) is 0 Å². The summed E-state index contributed by atoms with van der Waals surface area (Å²) in [7, 11) is 0. The molecule has 0 aliphatic carbocycles. The van der Waals surface area contributed by atoms with Crippen LogP contribution < -0.4 is 16.0 Å². The standard InChI is InChI=1S/C82H147N3O33/c1-5-7-9-11-13-15-17-19-20-21-22-23-24-25-26-28-30-32-34-36-38-40-58(94)85-50(51(93)39-37-35-33-31-29-27-18-16-14-12-10-8-6-2)46-107-79-70(104)67(101)73(55(44-89)112-79)115-81-71(105)68(102)74(56(45-90)113-81)116-82-72(106)76(63(97)54(43-88)111-82)118-78-60(84-49(4)92)75(117-80-69(103)66(100)62(96)53(42-87)110-80)64(98)57(114-78)47-108-77-59(83-48(3)91)65(99)61(95)52(41-86)109-77/h19-20,37,39,50-57,59-82,86-90,93,95-106H,5-18,21-36,38,40-47H2,1-4H3,(H,83,91)(H,84,92)(H,85,94)/b20-19-,39-37+/t50-,51+,52?,53?,54?,55?,56?,57?,59?,60?,61+,62-,63-,64-,65+,66-,67+,68+,69?,70?,71?,72?,73+,74-,75+,76-,77+,78-,79+,80-,81-,82-/m0/s1. The number of ether oxygens (including phenoxy) is 12. The Morgan fingerprint density at radius 3 is 1.17 bits per heavy atom. The van der Waals surface area contributed by atoms with Gasteiger partial charge in [0.2, 0.25) is 17.7 Å². The normalized spacial score (nSPS) is 36.0. The van der Waals surface area contributed by atoms with Crippen molar-refractivity contribution in [3.63, 3.8) is 0 Å². The van der Waals surface area contributed by atoms with Crippen LogP contribution in [0, 0.1) is 0 Å². The van der Waals surface area contributed by atoms with Gasteiger partial charge in [0.05, 0.1) is 58.4 Å². The number of aliphatic hydroxyl groups is 18. The van der Waals surface area contributed by atoms with E-state index < -0.39 is 254 Å². The Morgan fingerprint density at radius 2 is 0.695 bits per heavy atom. The van der Waals surface area contributed by atoms with Crippen molar-refractivity contribution in [2.45, 2.75) is 429 Å². The fourth-order valence-electron chi connectivity index (χ4n) is 15.8. The molecule has 32 atom stereocenters. The Bertz CT molecular complexity index is 2750. The Balaban J connectivity index is 1.08. The number of hydrogen-bond donors (Lipinski definition) is 21. The van der Waals surface area contributed by atoms with E-state index in [-0.39, 0.29) is 12.3 Å². The first kappa shape index (κ1) is 103. The van der Waals surface area contributed by atoms with Crippen LogP contribution in [0.5, 0.6) is 0 Å². The number of carbonyl (C=O) groups excluding carboxylic acids is 3. The molecule has 21 N–H and O–H groups in total. The molecule has 6 saturated heterocycles. The first-order valence-electron chi connectivity index (χ1n) is 43.6. The fraction of sp³-hybridized carbons (Fsp3) is 0.915. The molecule has 6 aliphatic heterocycles. The lowest BCUT2D eigenvalue weighted by Gasteiger charge is -2.50. The number of rotatable bonds is 57. The summed E-state index contributed by atoms with van der Waals surface area (Å²) in [5, 5.41) is 208. The van der Waals surface area contributed by atoms with Gasteiger partial charge in [-0.1, -0.05) is 192 Å². The zero-order valence-electron chi connectivity index (χ0n) is 69.5. The number of nitrogens with one attached hydrogen (secondary N) is 3. The molecule has 36 heteroatoms. The smallest absolute Gasteiger partial charge is 0.220 e. The summed E-state index contributed by atoms with van der Waals surface area (Å²) >= 11 is 0. The van der Waals surface area contributed by atoms with Gasteiger partial charge in [-0.2, -0.15) is 0 Å². The van der Waals surface area contributed by atoms with Crippen molar-refractivity contribution >= 4 is 17.7 Å². The molecule has 36 nitrogen and oxygen atoms in total. The van der Waals surface area contributed by atoms with Crippen LogP contribution >= 0.6 is 0 Å². The van der Waals surface area contributed by atoms with Crippen molar-refractivity contribution in [2.24, 2.45) is 0 Å². The molecule has 6 heterocycles. The molecule has 0 aromatic rings. The highest BCUT2D eigenvalue weighted by Crippen LogP contribution is 2.38. The van der Waals surface area contributed by atoms with Gasteiger partial charge in [0, 0.05) is 20.3 Å². The maximum Gasteiger partial charge on any atom is 0.220 e. The average Bonchev–Trinajstić information content (AvgIpc) is 0.768. The summed E-state index contributed by atoms with van der Waals surface area (Å²) in [5.41, 5.74) is 0. The minimum Gasteiger partial charge on any atom is -0.394 e. The average molecular weight is 1700 g/mol. The monoisotopic (exact) mass is 1700 g/mol. The Labute approximate surface area is 694 Å². The molecule has 6 aliphatic rings. The van der Waals surface area contributed by atoms with Crippen molar-refractivity contribution in [1.29, 1.82) is 0 Å². The van der Waals surface area contributed by atoms with Crippen LogP contribution in [0.3, 0.4) is 0 Å². The maximum atomic E-state index is 13.6. The van der Waals surface area contributed by atoms with E-state index in [9.17, 15) is 106 Å². The molecule has 0 aromatic carbocycles. The largest absolute Gasteiger partial charge is 0.394 e. The SMILES string of the molecule is CCCCCCCC/C=C\CCCCCCCCCCCCCC(=O)N[C@@H](CO[C@@H]1OC(CO)[C@@H](O[C@@H]2OC(CO)[C@H](O[C@@H]3OC(CO)[C@H](O)[C@H](O[C@@H]4OC(CO[C@@H]5OC(CO)[C@@H](O)[C@H](O)C5NC(C)=O)[C@H](O)[C@H](O[C@@H]5OC(CO)[C@H](O)[C@H](O)C5O)C4NC(C)=O)C3O)[C@H](O)C2O)[C@H](O)C1O)[C@H](O)/C=C/CCCCCCCCCCCCC. The Hall–Kier alpha value is -3.31. The molecular formula is C82H147N3O33. The molecule has 12 unspecified atom stereocenters. The molecule has 0 bridgehead atoms. The molecule has 0 radical (unpaired) electrons. The fourth-order valence-corrected chi connectivity index (χ4v) is 15.8. The number of hydrogen-bond acceptors (Lipinski definition) is 33. The Morgan fingerprint density at radius 1 is 0.339 bits per heavy atom. The van der Waals surface area contributed by atoms with Crippen LogP contribution in [0.2, 0.25) is 0 Å². The molecule has 6 fully saturated rings. The second kappa shape index (κ2) is 56.6. The van der Waals surface area contributed by atoms with Gasteiger partial charge in [-0.05, 0) is 44.9 Å². The third-order valence-corrected chi connectivity index (χ3v) is 22.9. The van der Waals surface area contributed by atoms with Gasteiger partial charge >= 0.3 is 0 Å². The summed E-state index contributed by atoms with van der Waals surface area (Å²) in [6.07, 6.45) is -11.7. The van der Waals surface area contributed by atoms with Crippen LogP contribution in [-0.2, 0) is 71.2 Å². The molecule has 688 valence electrons. The van der Waals surface area contributed by atoms with E-state index >= 15 is 0 Å². The maximum absolute atomic E-state index is 13.6. The zero-order chi connectivity index (χ0) is 86.2. The van der Waals surface area contributed by atoms with Crippen LogP contribution in [0.25, 0.3) is 0 Å². The number of unbranched alkanes of at least 4 members (excludes halogenated alkanes) is 28. The molecule has 6 rings (SSSR count). The quantitative estimate of drug-likeness (QED) is 0.0274. The van der Waals surface area contributed by atoms with Crippen LogP contribution in [0.15, 0.2) is 24.3 Å². The van der Waals surface area contributed by atoms with E-state index in [2.05, 4.69) is 41.9 Å². The van der Waals surface area contributed by atoms with E-state index in [0.717, 1.165) is 71.6 Å². The lowest BCUT2D eigenvalue weighted by Crippen LogP contribution is -2.70. The molecular weight excluding hydrogens is 1550 g/mol. The van der Waals surface area contributed by atoms with Gasteiger partial charge in [-0.15, -0.1) is 0 Å². The molecule has 0 aromatic heterocycles. The zero-order valence-corrected chi connectivity index (χ0v) is 69.5. The van der Waals surface area contributed by atoms with Crippen molar-refractivity contribution in [2.75, 3.05) is 46.2 Å². The second-order valence-corrected chi connectivity index (χ2v) is 32.5. The number of allylic oxidation sites excluding steroid dienone is 3. The highest BCUT2D eigenvalue weighted by Gasteiger charge is 2.58. The minimum absolute atomic E-state index is 0.173. The molecule has 0 spiro atoms. The summed E-state index contributed by atoms with van der Waals surface area (Å²) in [6.45, 7) is 0.279.